The molecule has 0 fully saturated rings. The van der Waals surface area contributed by atoms with E-state index in [9.17, 15) is 28.1 Å². The SMILES string of the molecule is O=Cc1ccc(-c2ccccc2C(F)(F)F)cc1[N+](=O)[O-]. The number of carbonyl (C=O) groups excluding carboxylic acids is 1. The fraction of sp³-hybridized carbons (Fsp3) is 0.0714. The lowest BCUT2D eigenvalue weighted by molar-refractivity contribution is -0.385. The van der Waals surface area contributed by atoms with E-state index in [1.54, 1.807) is 0 Å². The van der Waals surface area contributed by atoms with Crippen molar-refractivity contribution in [2.24, 2.45) is 0 Å². The zero-order valence-corrected chi connectivity index (χ0v) is 10.4. The number of rotatable bonds is 3. The van der Waals surface area contributed by atoms with E-state index in [1.807, 2.05) is 0 Å². The van der Waals surface area contributed by atoms with Gasteiger partial charge in [-0.25, -0.2) is 0 Å². The van der Waals surface area contributed by atoms with Crippen molar-refractivity contribution in [3.05, 3.63) is 63.7 Å². The third-order valence-electron chi connectivity index (χ3n) is 2.90. The van der Waals surface area contributed by atoms with E-state index in [2.05, 4.69) is 0 Å². The largest absolute Gasteiger partial charge is 0.417 e. The van der Waals surface area contributed by atoms with E-state index in [0.717, 1.165) is 18.2 Å². The molecule has 0 atom stereocenters. The first-order chi connectivity index (χ1) is 9.84. The Balaban J connectivity index is 2.66. The van der Waals surface area contributed by atoms with Gasteiger partial charge in [-0.3, -0.25) is 14.9 Å². The van der Waals surface area contributed by atoms with E-state index in [0.29, 0.717) is 0 Å². The number of nitro benzene ring substituents is 1. The van der Waals surface area contributed by atoms with Gasteiger partial charge in [-0.15, -0.1) is 0 Å². The van der Waals surface area contributed by atoms with Crippen LogP contribution in [-0.2, 0) is 6.18 Å². The number of aldehydes is 1. The first-order valence-electron chi connectivity index (χ1n) is 5.75. The lowest BCUT2D eigenvalue weighted by atomic mass is 9.97. The summed E-state index contributed by atoms with van der Waals surface area (Å²) in [7, 11) is 0. The predicted molar refractivity (Wildman–Crippen MR) is 68.9 cm³/mol. The van der Waals surface area contributed by atoms with Crippen LogP contribution in [0.5, 0.6) is 0 Å². The molecule has 0 unspecified atom stereocenters. The summed E-state index contributed by atoms with van der Waals surface area (Å²) in [5, 5.41) is 10.9. The van der Waals surface area contributed by atoms with Crippen LogP contribution >= 0.6 is 0 Å². The lowest BCUT2D eigenvalue weighted by Crippen LogP contribution is -2.07. The molecule has 2 aromatic carbocycles. The summed E-state index contributed by atoms with van der Waals surface area (Å²) in [6.07, 6.45) is -4.29. The summed E-state index contributed by atoms with van der Waals surface area (Å²) in [5.41, 5.74) is -1.75. The van der Waals surface area contributed by atoms with Crippen LogP contribution in [0.15, 0.2) is 42.5 Å². The molecule has 0 aromatic heterocycles. The monoisotopic (exact) mass is 295 g/mol. The van der Waals surface area contributed by atoms with Gasteiger partial charge in [0.15, 0.2) is 6.29 Å². The second-order valence-corrected chi connectivity index (χ2v) is 4.19. The molecular weight excluding hydrogens is 287 g/mol. The van der Waals surface area contributed by atoms with Crippen LogP contribution in [0.25, 0.3) is 11.1 Å². The molecule has 108 valence electrons. The maximum absolute atomic E-state index is 12.9. The molecule has 0 saturated carbocycles. The molecule has 0 heterocycles. The van der Waals surface area contributed by atoms with E-state index in [1.165, 1.54) is 24.3 Å². The Kier molecular flexibility index (Phi) is 3.75. The molecule has 4 nitrogen and oxygen atoms in total. The van der Waals surface area contributed by atoms with E-state index >= 15 is 0 Å². The minimum absolute atomic E-state index is 0.0280. The Bertz CT molecular complexity index is 711. The van der Waals surface area contributed by atoms with Gasteiger partial charge in [0.25, 0.3) is 5.69 Å². The second-order valence-electron chi connectivity index (χ2n) is 4.19. The van der Waals surface area contributed by atoms with Crippen LogP contribution in [0.4, 0.5) is 18.9 Å². The van der Waals surface area contributed by atoms with Gasteiger partial charge in [0.2, 0.25) is 0 Å². The van der Waals surface area contributed by atoms with Gasteiger partial charge in [-0.1, -0.05) is 24.3 Å². The van der Waals surface area contributed by atoms with Crippen molar-refractivity contribution in [2.75, 3.05) is 0 Å². The standard InChI is InChI=1S/C14H8F3NO3/c15-14(16,17)12-4-2-1-3-11(12)9-5-6-10(8-19)13(7-9)18(20)21/h1-8H. The van der Waals surface area contributed by atoms with Crippen LogP contribution in [0.1, 0.15) is 15.9 Å². The highest BCUT2D eigenvalue weighted by molar-refractivity contribution is 5.84. The van der Waals surface area contributed by atoms with Gasteiger partial charge >= 0.3 is 6.18 Å². The first-order valence-corrected chi connectivity index (χ1v) is 5.75. The zero-order valence-electron chi connectivity index (χ0n) is 10.4. The smallest absolute Gasteiger partial charge is 0.298 e. The van der Waals surface area contributed by atoms with Crippen LogP contribution in [0.3, 0.4) is 0 Å². The third kappa shape index (κ3) is 2.91. The second kappa shape index (κ2) is 5.35. The molecule has 0 aliphatic carbocycles. The minimum Gasteiger partial charge on any atom is -0.298 e. The molecular formula is C14H8F3NO3. The van der Waals surface area contributed by atoms with Gasteiger partial charge in [-0.05, 0) is 23.3 Å². The Labute approximate surface area is 117 Å². The number of hydrogen-bond donors (Lipinski definition) is 0. The summed E-state index contributed by atoms with van der Waals surface area (Å²) in [4.78, 5) is 20.8. The minimum atomic E-state index is -4.57. The number of hydrogen-bond acceptors (Lipinski definition) is 3. The molecule has 0 spiro atoms. The summed E-state index contributed by atoms with van der Waals surface area (Å²) in [5.74, 6) is 0. The van der Waals surface area contributed by atoms with Crippen molar-refractivity contribution in [1.29, 1.82) is 0 Å². The average Bonchev–Trinajstić information content (AvgIpc) is 2.45. The molecule has 2 rings (SSSR count). The Morgan fingerprint density at radius 1 is 1.10 bits per heavy atom. The summed E-state index contributed by atoms with van der Waals surface area (Å²) in [6, 6.07) is 8.12. The van der Waals surface area contributed by atoms with Gasteiger partial charge in [-0.2, -0.15) is 13.2 Å². The van der Waals surface area contributed by atoms with Crippen molar-refractivity contribution >= 4 is 12.0 Å². The van der Waals surface area contributed by atoms with Crippen molar-refractivity contribution in [3.63, 3.8) is 0 Å². The van der Waals surface area contributed by atoms with Crippen molar-refractivity contribution in [1.82, 2.24) is 0 Å². The average molecular weight is 295 g/mol. The van der Waals surface area contributed by atoms with Crippen molar-refractivity contribution in [3.8, 4) is 11.1 Å². The number of alkyl halides is 3. The van der Waals surface area contributed by atoms with Crippen LogP contribution in [0.2, 0.25) is 0 Å². The highest BCUT2D eigenvalue weighted by Gasteiger charge is 2.33. The fourth-order valence-corrected chi connectivity index (χ4v) is 1.95. The molecule has 7 heteroatoms. The van der Waals surface area contributed by atoms with E-state index < -0.39 is 22.4 Å². The normalized spacial score (nSPS) is 11.2. The first kappa shape index (κ1) is 14.7. The molecule has 0 radical (unpaired) electrons. The van der Waals surface area contributed by atoms with Gasteiger partial charge < -0.3 is 0 Å². The topological polar surface area (TPSA) is 60.2 Å². The van der Waals surface area contributed by atoms with Crippen LogP contribution in [0, 0.1) is 10.1 Å². The summed E-state index contributed by atoms with van der Waals surface area (Å²) >= 11 is 0. The summed E-state index contributed by atoms with van der Waals surface area (Å²) in [6.45, 7) is 0. The third-order valence-corrected chi connectivity index (χ3v) is 2.90. The lowest BCUT2D eigenvalue weighted by Gasteiger charge is -2.12. The fourth-order valence-electron chi connectivity index (χ4n) is 1.95. The van der Waals surface area contributed by atoms with E-state index in [4.69, 9.17) is 0 Å². The number of benzene rings is 2. The van der Waals surface area contributed by atoms with Crippen molar-refractivity contribution < 1.29 is 22.9 Å². The molecule has 0 bridgehead atoms. The maximum Gasteiger partial charge on any atom is 0.417 e. The van der Waals surface area contributed by atoms with Gasteiger partial charge in [0.05, 0.1) is 16.1 Å². The molecule has 0 amide bonds. The van der Waals surface area contributed by atoms with Crippen LogP contribution < -0.4 is 0 Å². The number of carbonyl (C=O) groups is 1. The molecule has 21 heavy (non-hydrogen) atoms. The number of halogens is 3. The molecule has 0 aliphatic rings. The summed E-state index contributed by atoms with van der Waals surface area (Å²) < 4.78 is 38.8. The molecule has 0 saturated heterocycles. The zero-order chi connectivity index (χ0) is 15.6. The Morgan fingerprint density at radius 3 is 2.33 bits per heavy atom. The highest BCUT2D eigenvalue weighted by atomic mass is 19.4. The van der Waals surface area contributed by atoms with E-state index in [-0.39, 0.29) is 23.0 Å². The Morgan fingerprint density at radius 2 is 1.76 bits per heavy atom. The maximum atomic E-state index is 12.9. The number of nitrogens with zero attached hydrogens (tertiary/aromatic N) is 1. The highest BCUT2D eigenvalue weighted by Crippen LogP contribution is 2.38. The number of nitro groups is 1. The van der Waals surface area contributed by atoms with Crippen molar-refractivity contribution in [2.45, 2.75) is 6.18 Å². The quantitative estimate of drug-likeness (QED) is 0.486. The van der Waals surface area contributed by atoms with Gasteiger partial charge in [0.1, 0.15) is 0 Å². The molecule has 0 N–H and O–H groups in total. The van der Waals surface area contributed by atoms with Crippen LogP contribution in [-0.4, -0.2) is 11.2 Å². The predicted octanol–water partition coefficient (Wildman–Crippen LogP) is 4.09. The molecule has 2 aromatic rings. The molecule has 0 aliphatic heterocycles. The Hall–Kier alpha value is -2.70. The van der Waals surface area contributed by atoms with Gasteiger partial charge in [0, 0.05) is 6.07 Å².